The average Bonchev–Trinajstić information content (AvgIpc) is 2.86. The average molecular weight is 472 g/mol. The maximum absolute atomic E-state index is 13.9. The molecule has 0 radical (unpaired) electrons. The van der Waals surface area contributed by atoms with Crippen molar-refractivity contribution < 1.29 is 4.39 Å². The van der Waals surface area contributed by atoms with Crippen LogP contribution in [0.3, 0.4) is 0 Å². The first-order chi connectivity index (χ1) is 16.1. The predicted octanol–water partition coefficient (Wildman–Crippen LogP) is 4.62. The van der Waals surface area contributed by atoms with Crippen molar-refractivity contribution in [3.8, 4) is 6.07 Å². The first kappa shape index (κ1) is 23.1. The van der Waals surface area contributed by atoms with Gasteiger partial charge in [0.05, 0.1) is 23.2 Å². The van der Waals surface area contributed by atoms with E-state index in [0.29, 0.717) is 23.8 Å². The van der Waals surface area contributed by atoms with Gasteiger partial charge >= 0.3 is 0 Å². The molecule has 33 heavy (non-hydrogen) atoms. The Morgan fingerprint density at radius 1 is 1.12 bits per heavy atom. The minimum Gasteiger partial charge on any atom is -0.370 e. The molecule has 0 amide bonds. The van der Waals surface area contributed by atoms with Crippen LogP contribution in [0.2, 0.25) is 0 Å². The number of nitriles is 1. The van der Waals surface area contributed by atoms with Crippen LogP contribution in [0.15, 0.2) is 45.4 Å². The van der Waals surface area contributed by atoms with Gasteiger partial charge in [0.2, 0.25) is 0 Å². The maximum Gasteiger partial charge on any atom is 0.114 e. The van der Waals surface area contributed by atoms with Gasteiger partial charge in [0.15, 0.2) is 0 Å². The van der Waals surface area contributed by atoms with Gasteiger partial charge in [-0.05, 0) is 75.0 Å². The van der Waals surface area contributed by atoms with Gasteiger partial charge in [-0.25, -0.2) is 4.39 Å². The van der Waals surface area contributed by atoms with Crippen molar-refractivity contribution in [2.45, 2.75) is 82.6 Å². The molecule has 5 atom stereocenters. The van der Waals surface area contributed by atoms with E-state index in [-0.39, 0.29) is 30.1 Å². The second-order valence-electron chi connectivity index (χ2n) is 10.2. The second-order valence-corrected chi connectivity index (χ2v) is 10.6. The topological polar surface area (TPSA) is 71.9 Å². The third kappa shape index (κ3) is 5.22. The quantitative estimate of drug-likeness (QED) is 0.450. The van der Waals surface area contributed by atoms with Crippen LogP contribution in [0.25, 0.3) is 0 Å². The maximum atomic E-state index is 13.9. The van der Waals surface area contributed by atoms with Crippen LogP contribution in [0.1, 0.15) is 64.2 Å². The van der Waals surface area contributed by atoms with Crippen molar-refractivity contribution in [2.75, 3.05) is 13.1 Å². The summed E-state index contributed by atoms with van der Waals surface area (Å²) < 4.78 is 13.9. The van der Waals surface area contributed by atoms with Crippen molar-refractivity contribution in [2.24, 2.45) is 11.8 Å². The Morgan fingerprint density at radius 2 is 2.03 bits per heavy atom. The zero-order chi connectivity index (χ0) is 22.8. The van der Waals surface area contributed by atoms with Gasteiger partial charge in [-0.3, -0.25) is 10.6 Å². The van der Waals surface area contributed by atoms with E-state index in [0.717, 1.165) is 64.5 Å². The Balaban J connectivity index is 1.37. The number of hydrogen-bond donors (Lipinski definition) is 4. The molecule has 5 nitrogen and oxygen atoms in total. The van der Waals surface area contributed by atoms with E-state index < -0.39 is 0 Å². The smallest absolute Gasteiger partial charge is 0.114 e. The molecule has 0 saturated heterocycles. The van der Waals surface area contributed by atoms with E-state index in [1.54, 1.807) is 0 Å². The molecule has 0 aromatic carbocycles. The van der Waals surface area contributed by atoms with E-state index >= 15 is 0 Å². The van der Waals surface area contributed by atoms with Gasteiger partial charge in [-0.2, -0.15) is 5.26 Å². The molecule has 0 saturated carbocycles. The molecule has 0 aromatic heterocycles. The molecule has 0 spiro atoms. The molecular formula is C26H35ClFN5. The summed E-state index contributed by atoms with van der Waals surface area (Å²) in [5.41, 5.74) is 5.60. The molecule has 0 bridgehead atoms. The molecule has 4 N–H and O–H groups in total. The van der Waals surface area contributed by atoms with Crippen LogP contribution in [0.4, 0.5) is 4.39 Å². The predicted molar refractivity (Wildman–Crippen MR) is 130 cm³/mol. The molecular weight excluding hydrogens is 437 g/mol. The van der Waals surface area contributed by atoms with E-state index in [4.69, 9.17) is 11.6 Å². The number of nitrogens with one attached hydrogen (secondary N) is 4. The number of nitrogens with zero attached hydrogens (tertiary/aromatic N) is 1. The van der Waals surface area contributed by atoms with Crippen molar-refractivity contribution in [3.05, 3.63) is 45.4 Å². The van der Waals surface area contributed by atoms with Crippen LogP contribution >= 0.6 is 11.6 Å². The van der Waals surface area contributed by atoms with E-state index in [2.05, 4.69) is 39.5 Å². The van der Waals surface area contributed by atoms with Crippen LogP contribution in [0.5, 0.6) is 0 Å². The summed E-state index contributed by atoms with van der Waals surface area (Å²) in [5.74, 6) is 0.423. The minimum atomic E-state index is -0.154. The Labute approximate surface area is 201 Å². The van der Waals surface area contributed by atoms with Crippen molar-refractivity contribution in [3.63, 3.8) is 0 Å². The lowest BCUT2D eigenvalue weighted by Gasteiger charge is -2.44. The lowest BCUT2D eigenvalue weighted by Crippen LogP contribution is -2.62. The number of allylic oxidation sites excluding steroid dienone is 4. The molecule has 7 heteroatoms. The monoisotopic (exact) mass is 471 g/mol. The van der Waals surface area contributed by atoms with Crippen molar-refractivity contribution >= 4 is 11.6 Å². The van der Waals surface area contributed by atoms with E-state index in [1.165, 1.54) is 22.4 Å². The fraction of sp³-hybridized carbons (Fsp3) is 0.654. The normalized spacial score (nSPS) is 35.2. The molecule has 2 aliphatic heterocycles. The summed E-state index contributed by atoms with van der Waals surface area (Å²) >= 11 is 6.19. The summed E-state index contributed by atoms with van der Waals surface area (Å²) in [6, 6.07) is 2.62. The lowest BCUT2D eigenvalue weighted by atomic mass is 9.75. The standard InChI is InChI=1S/C26H35ClFN5/c27-22-13-20(7-8-23(22)28)31-26-21-12-18(17-4-1-3-16(11-17)14-29)6-9-24(21)32-25(33-26)19-5-2-10-30-15-19/h5,11,16,18,20,25-26,30-33H,1-4,6-10,12-13,15H2/t16-,18-,20+,25+,26+/m1/s1. The van der Waals surface area contributed by atoms with Crippen LogP contribution in [-0.2, 0) is 0 Å². The number of rotatable bonds is 4. The third-order valence-electron chi connectivity index (χ3n) is 7.95. The minimum absolute atomic E-state index is 0.0449. The second kappa shape index (κ2) is 10.3. The fourth-order valence-corrected chi connectivity index (χ4v) is 6.38. The van der Waals surface area contributed by atoms with Gasteiger partial charge in [-0.15, -0.1) is 0 Å². The largest absolute Gasteiger partial charge is 0.370 e. The third-order valence-corrected chi connectivity index (χ3v) is 8.30. The highest BCUT2D eigenvalue weighted by atomic mass is 35.5. The van der Waals surface area contributed by atoms with Crippen LogP contribution < -0.4 is 21.3 Å². The zero-order valence-corrected chi connectivity index (χ0v) is 20.0. The van der Waals surface area contributed by atoms with Gasteiger partial charge < -0.3 is 10.6 Å². The molecule has 2 heterocycles. The zero-order valence-electron chi connectivity index (χ0n) is 19.2. The molecule has 0 fully saturated rings. The fourth-order valence-electron chi connectivity index (χ4n) is 6.10. The van der Waals surface area contributed by atoms with Crippen molar-refractivity contribution in [1.29, 1.82) is 5.26 Å². The van der Waals surface area contributed by atoms with Crippen LogP contribution in [-0.4, -0.2) is 31.5 Å². The Morgan fingerprint density at radius 3 is 2.82 bits per heavy atom. The Kier molecular flexibility index (Phi) is 7.22. The van der Waals surface area contributed by atoms with E-state index in [1.807, 2.05) is 0 Å². The van der Waals surface area contributed by atoms with Gasteiger partial charge in [-0.1, -0.05) is 29.3 Å². The first-order valence-electron chi connectivity index (χ1n) is 12.6. The van der Waals surface area contributed by atoms with Gasteiger partial charge in [0.25, 0.3) is 0 Å². The van der Waals surface area contributed by atoms with Crippen molar-refractivity contribution in [1.82, 2.24) is 21.3 Å². The summed E-state index contributed by atoms with van der Waals surface area (Å²) in [7, 11) is 0. The SMILES string of the molecule is N#C[C@H]1C=C([C@@H]2CCC3=C(C2)[C@@H](N[C@H]2CCC(F)=C(Cl)C2)N[C@@H](C2=CCCNC2)N3)CCC1. The molecule has 178 valence electrons. The first-order valence-corrected chi connectivity index (χ1v) is 13.0. The molecule has 3 aliphatic carbocycles. The summed E-state index contributed by atoms with van der Waals surface area (Å²) in [4.78, 5) is 0. The number of hydrogen-bond acceptors (Lipinski definition) is 5. The molecule has 5 rings (SSSR count). The Bertz CT molecular complexity index is 929. The van der Waals surface area contributed by atoms with Gasteiger partial charge in [0, 0.05) is 31.1 Å². The highest BCUT2D eigenvalue weighted by Crippen LogP contribution is 2.40. The molecule has 5 aliphatic rings. The molecule has 0 unspecified atom stereocenters. The highest BCUT2D eigenvalue weighted by Gasteiger charge is 2.36. The summed E-state index contributed by atoms with van der Waals surface area (Å²) in [6.07, 6.45) is 13.9. The molecule has 0 aromatic rings. The highest BCUT2D eigenvalue weighted by molar-refractivity contribution is 6.29. The van der Waals surface area contributed by atoms with E-state index in [9.17, 15) is 9.65 Å². The van der Waals surface area contributed by atoms with Gasteiger partial charge in [0.1, 0.15) is 12.0 Å². The summed E-state index contributed by atoms with van der Waals surface area (Å²) in [5, 5.41) is 24.7. The lowest BCUT2D eigenvalue weighted by molar-refractivity contribution is 0.289. The van der Waals surface area contributed by atoms with Crippen LogP contribution in [0, 0.1) is 23.2 Å². The Hall–Kier alpha value is -1.65. The number of halogens is 2. The summed E-state index contributed by atoms with van der Waals surface area (Å²) in [6.45, 7) is 1.93.